The predicted octanol–water partition coefficient (Wildman–Crippen LogP) is 2.70. The van der Waals surface area contributed by atoms with E-state index in [1.165, 1.54) is 16.8 Å². The van der Waals surface area contributed by atoms with Gasteiger partial charge in [0.1, 0.15) is 17.4 Å². The Morgan fingerprint density at radius 2 is 1.85 bits per heavy atom. The third-order valence-electron chi connectivity index (χ3n) is 3.90. The van der Waals surface area contributed by atoms with Gasteiger partial charge in [-0.2, -0.15) is 0 Å². The molecule has 0 saturated carbocycles. The Morgan fingerprint density at radius 1 is 1.15 bits per heavy atom. The molecule has 0 aliphatic carbocycles. The van der Waals surface area contributed by atoms with Gasteiger partial charge in [0, 0.05) is 6.54 Å². The highest BCUT2D eigenvalue weighted by atomic mass is 19.1. The average Bonchev–Trinajstić information content (AvgIpc) is 3.05. The largest absolute Gasteiger partial charge is 0.497 e. The fraction of sp³-hybridized carbons (Fsp3) is 0.211. The first-order valence-electron chi connectivity index (χ1n) is 8.17. The number of methoxy groups -OCH3 is 1. The zero-order chi connectivity index (χ0) is 18.5. The van der Waals surface area contributed by atoms with Crippen molar-refractivity contribution in [2.24, 2.45) is 0 Å². The molecule has 1 N–H and O–H groups in total. The van der Waals surface area contributed by atoms with Crippen LogP contribution >= 0.6 is 0 Å². The maximum absolute atomic E-state index is 13.0. The highest BCUT2D eigenvalue weighted by molar-refractivity contribution is 5.90. The third kappa shape index (κ3) is 4.05. The first kappa shape index (κ1) is 17.6. The van der Waals surface area contributed by atoms with Gasteiger partial charge in [-0.25, -0.2) is 14.1 Å². The lowest BCUT2D eigenvalue weighted by atomic mass is 10.1. The molecule has 0 aliphatic heterocycles. The van der Waals surface area contributed by atoms with Gasteiger partial charge in [-0.1, -0.05) is 12.1 Å². The number of amides is 1. The molecular weight excluding hydrogens is 335 g/mol. The molecule has 0 saturated heterocycles. The molecule has 0 atom stereocenters. The second-order valence-electron chi connectivity index (χ2n) is 5.72. The average molecular weight is 354 g/mol. The second kappa shape index (κ2) is 7.77. The summed E-state index contributed by atoms with van der Waals surface area (Å²) in [5.74, 6) is 0.757. The van der Waals surface area contributed by atoms with E-state index in [1.807, 2.05) is 24.3 Å². The predicted molar refractivity (Wildman–Crippen MR) is 95.1 cm³/mol. The van der Waals surface area contributed by atoms with Crippen LogP contribution in [0.4, 0.5) is 4.39 Å². The number of aryl methyl sites for hydroxylation is 1. The molecular formula is C19H19FN4O2. The molecule has 0 fully saturated rings. The first-order chi connectivity index (χ1) is 12.6. The normalized spacial score (nSPS) is 10.6. The van der Waals surface area contributed by atoms with E-state index in [4.69, 9.17) is 4.74 Å². The van der Waals surface area contributed by atoms with E-state index in [9.17, 15) is 9.18 Å². The van der Waals surface area contributed by atoms with E-state index in [0.717, 1.165) is 11.3 Å². The highest BCUT2D eigenvalue weighted by Gasteiger charge is 2.14. The van der Waals surface area contributed by atoms with E-state index in [1.54, 1.807) is 26.2 Å². The zero-order valence-electron chi connectivity index (χ0n) is 14.6. The molecule has 6 nitrogen and oxygen atoms in total. The van der Waals surface area contributed by atoms with Gasteiger partial charge in [0.15, 0.2) is 0 Å². The smallest absolute Gasteiger partial charge is 0.290 e. The standard InChI is InChI=1S/C19H19FN4O2/c1-13-22-18(23-24(13)16-7-5-15(20)6-8-16)19(25)21-12-11-14-3-9-17(26-2)10-4-14/h3-10H,11-12H2,1-2H3,(H,21,25). The topological polar surface area (TPSA) is 69.0 Å². The molecule has 3 aromatic rings. The summed E-state index contributed by atoms with van der Waals surface area (Å²) in [4.78, 5) is 16.4. The van der Waals surface area contributed by atoms with Gasteiger partial charge in [-0.3, -0.25) is 4.79 Å². The summed E-state index contributed by atoms with van der Waals surface area (Å²) in [6.07, 6.45) is 0.688. The number of ether oxygens (including phenoxy) is 1. The number of nitrogens with zero attached hydrogens (tertiary/aromatic N) is 3. The van der Waals surface area contributed by atoms with Crippen molar-refractivity contribution in [1.29, 1.82) is 0 Å². The molecule has 7 heteroatoms. The maximum atomic E-state index is 13.0. The van der Waals surface area contributed by atoms with E-state index in [2.05, 4.69) is 15.4 Å². The van der Waals surface area contributed by atoms with Crippen LogP contribution in [0, 0.1) is 12.7 Å². The number of hydrogen-bond donors (Lipinski definition) is 1. The van der Waals surface area contributed by atoms with Crippen molar-refractivity contribution in [3.8, 4) is 11.4 Å². The Kier molecular flexibility index (Phi) is 5.26. The van der Waals surface area contributed by atoms with Crippen molar-refractivity contribution >= 4 is 5.91 Å². The lowest BCUT2D eigenvalue weighted by Crippen LogP contribution is -2.26. The fourth-order valence-electron chi connectivity index (χ4n) is 2.50. The molecule has 26 heavy (non-hydrogen) atoms. The van der Waals surface area contributed by atoms with E-state index in [0.29, 0.717) is 24.5 Å². The number of rotatable bonds is 6. The molecule has 0 unspecified atom stereocenters. The van der Waals surface area contributed by atoms with Gasteiger partial charge in [0.2, 0.25) is 5.82 Å². The molecule has 0 radical (unpaired) electrons. The fourth-order valence-corrected chi connectivity index (χ4v) is 2.50. The Hall–Kier alpha value is -3.22. The summed E-state index contributed by atoms with van der Waals surface area (Å²) in [6.45, 7) is 2.21. The third-order valence-corrected chi connectivity index (χ3v) is 3.90. The minimum Gasteiger partial charge on any atom is -0.497 e. The monoisotopic (exact) mass is 354 g/mol. The van der Waals surface area contributed by atoms with Crippen molar-refractivity contribution in [2.45, 2.75) is 13.3 Å². The highest BCUT2D eigenvalue weighted by Crippen LogP contribution is 2.12. The van der Waals surface area contributed by atoms with Crippen molar-refractivity contribution < 1.29 is 13.9 Å². The minimum absolute atomic E-state index is 0.0848. The second-order valence-corrected chi connectivity index (χ2v) is 5.72. The van der Waals surface area contributed by atoms with Gasteiger partial charge in [0.25, 0.3) is 5.91 Å². The van der Waals surface area contributed by atoms with Crippen molar-refractivity contribution in [2.75, 3.05) is 13.7 Å². The summed E-state index contributed by atoms with van der Waals surface area (Å²) >= 11 is 0. The summed E-state index contributed by atoms with van der Waals surface area (Å²) in [6, 6.07) is 13.5. The molecule has 0 spiro atoms. The Morgan fingerprint density at radius 3 is 2.50 bits per heavy atom. The van der Waals surface area contributed by atoms with Gasteiger partial charge in [-0.15, -0.1) is 5.10 Å². The molecule has 2 aromatic carbocycles. The van der Waals surface area contributed by atoms with Crippen LogP contribution in [0.15, 0.2) is 48.5 Å². The zero-order valence-corrected chi connectivity index (χ0v) is 14.6. The molecule has 1 heterocycles. The molecule has 1 amide bonds. The number of aromatic nitrogens is 3. The summed E-state index contributed by atoms with van der Waals surface area (Å²) < 4.78 is 19.7. The van der Waals surface area contributed by atoms with Crippen LogP contribution in [0.1, 0.15) is 22.0 Å². The SMILES string of the molecule is COc1ccc(CCNC(=O)c2nc(C)n(-c3ccc(F)cc3)n2)cc1. The van der Waals surface area contributed by atoms with E-state index < -0.39 is 0 Å². The van der Waals surface area contributed by atoms with Crippen LogP contribution in [-0.4, -0.2) is 34.3 Å². The number of hydrogen-bond acceptors (Lipinski definition) is 4. The number of carbonyl (C=O) groups excluding carboxylic acids is 1. The quantitative estimate of drug-likeness (QED) is 0.739. The van der Waals surface area contributed by atoms with Crippen LogP contribution in [-0.2, 0) is 6.42 Å². The Bertz CT molecular complexity index is 889. The lowest BCUT2D eigenvalue weighted by Gasteiger charge is -2.04. The van der Waals surface area contributed by atoms with Crippen molar-refractivity contribution in [3.05, 3.63) is 71.6 Å². The van der Waals surface area contributed by atoms with Gasteiger partial charge in [0.05, 0.1) is 12.8 Å². The molecule has 134 valence electrons. The first-order valence-corrected chi connectivity index (χ1v) is 8.17. The lowest BCUT2D eigenvalue weighted by molar-refractivity contribution is 0.0944. The van der Waals surface area contributed by atoms with Gasteiger partial charge >= 0.3 is 0 Å². The summed E-state index contributed by atoms with van der Waals surface area (Å²) in [5, 5.41) is 7.02. The Balaban J connectivity index is 1.61. The minimum atomic E-state index is -0.345. The van der Waals surface area contributed by atoms with Gasteiger partial charge < -0.3 is 10.1 Å². The number of halogens is 1. The number of nitrogens with one attached hydrogen (secondary N) is 1. The molecule has 0 aliphatic rings. The van der Waals surface area contributed by atoms with Crippen LogP contribution in [0.2, 0.25) is 0 Å². The van der Waals surface area contributed by atoms with Crippen molar-refractivity contribution in [3.63, 3.8) is 0 Å². The van der Waals surface area contributed by atoms with Gasteiger partial charge in [-0.05, 0) is 55.3 Å². The van der Waals surface area contributed by atoms with E-state index >= 15 is 0 Å². The molecule has 0 bridgehead atoms. The Labute approximate surface area is 150 Å². The van der Waals surface area contributed by atoms with Crippen molar-refractivity contribution in [1.82, 2.24) is 20.1 Å². The summed E-state index contributed by atoms with van der Waals surface area (Å²) in [5.41, 5.74) is 1.74. The van der Waals surface area contributed by atoms with Crippen LogP contribution in [0.25, 0.3) is 5.69 Å². The van der Waals surface area contributed by atoms with Crippen LogP contribution in [0.5, 0.6) is 5.75 Å². The maximum Gasteiger partial charge on any atom is 0.290 e. The van der Waals surface area contributed by atoms with Crippen LogP contribution < -0.4 is 10.1 Å². The molecule has 1 aromatic heterocycles. The van der Waals surface area contributed by atoms with Crippen LogP contribution in [0.3, 0.4) is 0 Å². The summed E-state index contributed by atoms with van der Waals surface area (Å²) in [7, 11) is 1.62. The number of carbonyl (C=O) groups is 1. The molecule has 3 rings (SSSR count). The van der Waals surface area contributed by atoms with E-state index in [-0.39, 0.29) is 17.5 Å². The number of benzene rings is 2.